The molecule has 2 aromatic rings. The van der Waals surface area contributed by atoms with E-state index in [2.05, 4.69) is 20.8 Å². The van der Waals surface area contributed by atoms with Crippen LogP contribution in [0.15, 0.2) is 35.5 Å². The predicted molar refractivity (Wildman–Crippen MR) is 89.0 cm³/mol. The second-order valence-electron chi connectivity index (χ2n) is 5.83. The summed E-state index contributed by atoms with van der Waals surface area (Å²) in [6.07, 6.45) is 4.69. The van der Waals surface area contributed by atoms with Gasteiger partial charge < -0.3 is 5.32 Å². The molecule has 0 saturated heterocycles. The molecule has 0 spiro atoms. The fraction of sp³-hybridized carbons (Fsp3) is 0.500. The van der Waals surface area contributed by atoms with E-state index >= 15 is 0 Å². The summed E-state index contributed by atoms with van der Waals surface area (Å²) in [5.41, 5.74) is 1.10. The van der Waals surface area contributed by atoms with Gasteiger partial charge in [0.2, 0.25) is 11.1 Å². The van der Waals surface area contributed by atoms with Crippen molar-refractivity contribution < 1.29 is 4.79 Å². The van der Waals surface area contributed by atoms with E-state index in [0.29, 0.717) is 11.8 Å². The Labute approximate surface area is 140 Å². The monoisotopic (exact) mass is 331 g/mol. The van der Waals surface area contributed by atoms with Crippen LogP contribution in [0.1, 0.15) is 50.3 Å². The number of carbonyl (C=O) groups is 1. The van der Waals surface area contributed by atoms with Gasteiger partial charge in [-0.25, -0.2) is 4.68 Å². The lowest BCUT2D eigenvalue weighted by Gasteiger charge is -2.14. The van der Waals surface area contributed by atoms with Crippen LogP contribution in [-0.2, 0) is 4.79 Å². The second kappa shape index (κ2) is 7.59. The standard InChI is InChI=1S/C16H21N5OS/c1-12(13-7-3-2-4-8-13)17-15(22)11-23-16-18-19-20-21(16)14-9-5-6-10-14/h2-4,7-8,12,14H,5-6,9-11H2,1H3,(H,17,22). The smallest absolute Gasteiger partial charge is 0.230 e. The second-order valence-corrected chi connectivity index (χ2v) is 6.78. The Bertz CT molecular complexity index is 639. The molecular weight excluding hydrogens is 310 g/mol. The van der Waals surface area contributed by atoms with Crippen LogP contribution in [0.25, 0.3) is 0 Å². The number of carbonyl (C=O) groups excluding carboxylic acids is 1. The first-order valence-corrected chi connectivity index (χ1v) is 8.97. The number of nitrogens with one attached hydrogen (secondary N) is 1. The van der Waals surface area contributed by atoms with Gasteiger partial charge in [-0.1, -0.05) is 54.9 Å². The molecule has 1 aliphatic rings. The van der Waals surface area contributed by atoms with E-state index in [-0.39, 0.29) is 11.9 Å². The van der Waals surface area contributed by atoms with Crippen LogP contribution < -0.4 is 5.32 Å². The normalized spacial score (nSPS) is 16.4. The summed E-state index contributed by atoms with van der Waals surface area (Å²) in [7, 11) is 0. The van der Waals surface area contributed by atoms with Gasteiger partial charge in [0.05, 0.1) is 17.8 Å². The van der Waals surface area contributed by atoms with E-state index < -0.39 is 0 Å². The molecule has 1 unspecified atom stereocenters. The minimum Gasteiger partial charge on any atom is -0.349 e. The van der Waals surface area contributed by atoms with Crippen molar-refractivity contribution in [2.24, 2.45) is 0 Å². The van der Waals surface area contributed by atoms with E-state index in [1.165, 1.54) is 24.6 Å². The number of tetrazole rings is 1. The molecule has 1 aliphatic carbocycles. The number of aromatic nitrogens is 4. The minimum absolute atomic E-state index is 0.00451. The molecule has 1 saturated carbocycles. The molecule has 0 radical (unpaired) electrons. The average molecular weight is 331 g/mol. The molecule has 122 valence electrons. The first kappa shape index (κ1) is 16.0. The average Bonchev–Trinajstić information content (AvgIpc) is 3.24. The van der Waals surface area contributed by atoms with E-state index in [4.69, 9.17) is 0 Å². The van der Waals surface area contributed by atoms with Gasteiger partial charge in [-0.15, -0.1) is 5.10 Å². The SMILES string of the molecule is CC(NC(=O)CSc1nnnn1C1CCCC1)c1ccccc1. The molecule has 1 heterocycles. The molecule has 1 fully saturated rings. The molecule has 1 aromatic heterocycles. The van der Waals surface area contributed by atoms with Gasteiger partial charge in [-0.2, -0.15) is 0 Å². The molecule has 6 nitrogen and oxygen atoms in total. The highest BCUT2D eigenvalue weighted by atomic mass is 32.2. The van der Waals surface area contributed by atoms with Crippen LogP contribution >= 0.6 is 11.8 Å². The van der Waals surface area contributed by atoms with Crippen LogP contribution in [0.2, 0.25) is 0 Å². The van der Waals surface area contributed by atoms with Gasteiger partial charge in [0.15, 0.2) is 0 Å². The molecule has 1 N–H and O–H groups in total. The fourth-order valence-electron chi connectivity index (χ4n) is 2.90. The topological polar surface area (TPSA) is 72.7 Å². The van der Waals surface area contributed by atoms with Gasteiger partial charge in [-0.3, -0.25) is 4.79 Å². The number of nitrogens with zero attached hydrogens (tertiary/aromatic N) is 4. The number of amides is 1. The Kier molecular flexibility index (Phi) is 5.27. The lowest BCUT2D eigenvalue weighted by molar-refractivity contribution is -0.119. The summed E-state index contributed by atoms with van der Waals surface area (Å²) in [6, 6.07) is 10.3. The van der Waals surface area contributed by atoms with Crippen molar-refractivity contribution >= 4 is 17.7 Å². The van der Waals surface area contributed by atoms with E-state index in [0.717, 1.165) is 23.6 Å². The van der Waals surface area contributed by atoms with Gasteiger partial charge in [0.1, 0.15) is 0 Å². The first-order valence-electron chi connectivity index (χ1n) is 7.99. The zero-order chi connectivity index (χ0) is 16.1. The van der Waals surface area contributed by atoms with Crippen molar-refractivity contribution in [3.63, 3.8) is 0 Å². The lowest BCUT2D eigenvalue weighted by Crippen LogP contribution is -2.28. The maximum absolute atomic E-state index is 12.1. The van der Waals surface area contributed by atoms with Gasteiger partial charge in [0, 0.05) is 0 Å². The Balaban J connectivity index is 1.52. The summed E-state index contributed by atoms with van der Waals surface area (Å²) in [5.74, 6) is 0.317. The van der Waals surface area contributed by atoms with Crippen LogP contribution in [0.5, 0.6) is 0 Å². The number of thioether (sulfide) groups is 1. The first-order chi connectivity index (χ1) is 11.2. The summed E-state index contributed by atoms with van der Waals surface area (Å²) in [6.45, 7) is 1.99. The number of hydrogen-bond donors (Lipinski definition) is 1. The summed E-state index contributed by atoms with van der Waals surface area (Å²) < 4.78 is 1.88. The van der Waals surface area contributed by atoms with E-state index in [1.54, 1.807) is 0 Å². The number of benzene rings is 1. The highest BCUT2D eigenvalue weighted by Crippen LogP contribution is 2.31. The van der Waals surface area contributed by atoms with Crippen molar-refractivity contribution in [1.82, 2.24) is 25.5 Å². The summed E-state index contributed by atoms with van der Waals surface area (Å²) in [4.78, 5) is 12.1. The van der Waals surface area contributed by atoms with Crippen LogP contribution in [0, 0.1) is 0 Å². The van der Waals surface area contributed by atoms with Crippen molar-refractivity contribution in [1.29, 1.82) is 0 Å². The van der Waals surface area contributed by atoms with Crippen LogP contribution in [0.3, 0.4) is 0 Å². The highest BCUT2D eigenvalue weighted by Gasteiger charge is 2.22. The van der Waals surface area contributed by atoms with Crippen LogP contribution in [0.4, 0.5) is 0 Å². The van der Waals surface area contributed by atoms with Gasteiger partial charge in [-0.05, 0) is 35.8 Å². The molecular formula is C16H21N5OS. The highest BCUT2D eigenvalue weighted by molar-refractivity contribution is 7.99. The molecule has 23 heavy (non-hydrogen) atoms. The largest absolute Gasteiger partial charge is 0.349 e. The predicted octanol–water partition coefficient (Wildman–Crippen LogP) is 2.76. The van der Waals surface area contributed by atoms with E-state index in [1.807, 2.05) is 41.9 Å². The Morgan fingerprint density at radius 1 is 1.35 bits per heavy atom. The molecule has 1 atom stereocenters. The Morgan fingerprint density at radius 3 is 2.83 bits per heavy atom. The fourth-order valence-corrected chi connectivity index (χ4v) is 3.65. The van der Waals surface area contributed by atoms with Crippen molar-refractivity contribution in [2.75, 3.05) is 5.75 Å². The third-order valence-electron chi connectivity index (χ3n) is 4.14. The maximum Gasteiger partial charge on any atom is 0.230 e. The summed E-state index contributed by atoms with van der Waals surface area (Å²) >= 11 is 1.40. The third kappa shape index (κ3) is 4.10. The summed E-state index contributed by atoms with van der Waals surface area (Å²) in [5, 5.41) is 15.7. The maximum atomic E-state index is 12.1. The van der Waals surface area contributed by atoms with Gasteiger partial charge in [0.25, 0.3) is 0 Å². The Morgan fingerprint density at radius 2 is 2.09 bits per heavy atom. The zero-order valence-electron chi connectivity index (χ0n) is 13.2. The van der Waals surface area contributed by atoms with Crippen molar-refractivity contribution in [3.05, 3.63) is 35.9 Å². The quantitative estimate of drug-likeness (QED) is 0.824. The molecule has 0 aliphatic heterocycles. The molecule has 1 aromatic carbocycles. The van der Waals surface area contributed by atoms with Gasteiger partial charge >= 0.3 is 0 Å². The van der Waals surface area contributed by atoms with Crippen LogP contribution in [-0.4, -0.2) is 31.9 Å². The van der Waals surface area contributed by atoms with Crippen molar-refractivity contribution in [3.8, 4) is 0 Å². The van der Waals surface area contributed by atoms with E-state index in [9.17, 15) is 4.79 Å². The molecule has 0 bridgehead atoms. The zero-order valence-corrected chi connectivity index (χ0v) is 14.0. The minimum atomic E-state index is -0.00711. The Hall–Kier alpha value is -1.89. The molecule has 1 amide bonds. The van der Waals surface area contributed by atoms with Crippen molar-refractivity contribution in [2.45, 2.75) is 49.8 Å². The molecule has 7 heteroatoms. The number of rotatable bonds is 6. The number of hydrogen-bond acceptors (Lipinski definition) is 5. The molecule has 3 rings (SSSR count). The lowest BCUT2D eigenvalue weighted by atomic mass is 10.1. The third-order valence-corrected chi connectivity index (χ3v) is 5.08.